The highest BCUT2D eigenvalue weighted by Crippen LogP contribution is 2.43. The molecule has 1 aliphatic carbocycles. The van der Waals surface area contributed by atoms with E-state index in [-0.39, 0.29) is 23.5 Å². The molecule has 8 nitrogen and oxygen atoms in total. The lowest BCUT2D eigenvalue weighted by Gasteiger charge is -2.30. The van der Waals surface area contributed by atoms with Crippen molar-refractivity contribution in [2.75, 3.05) is 4.90 Å². The number of hydrogen-bond donors (Lipinski definition) is 1. The van der Waals surface area contributed by atoms with Gasteiger partial charge >= 0.3 is 6.18 Å². The Hall–Kier alpha value is -3.76. The Morgan fingerprint density at radius 2 is 1.94 bits per heavy atom. The van der Waals surface area contributed by atoms with E-state index in [1.54, 1.807) is 39.1 Å². The van der Waals surface area contributed by atoms with Gasteiger partial charge in [0.2, 0.25) is 0 Å². The zero-order valence-electron chi connectivity index (χ0n) is 19.3. The summed E-state index contributed by atoms with van der Waals surface area (Å²) < 4.78 is 39.1. The largest absolute Gasteiger partial charge is 0.408 e. The molecular weight excluding hydrogens is 461 g/mol. The third-order valence-corrected chi connectivity index (χ3v) is 6.20. The summed E-state index contributed by atoms with van der Waals surface area (Å²) in [6.45, 7) is 4.10. The summed E-state index contributed by atoms with van der Waals surface area (Å²) in [7, 11) is 0. The molecular formula is C24H23F3N6O2. The van der Waals surface area contributed by atoms with Crippen molar-refractivity contribution in [2.45, 2.75) is 57.9 Å². The van der Waals surface area contributed by atoms with Crippen LogP contribution in [-0.4, -0.2) is 43.8 Å². The highest BCUT2D eigenvalue weighted by molar-refractivity contribution is 6.12. The molecule has 0 aromatic carbocycles. The van der Waals surface area contributed by atoms with E-state index in [1.165, 1.54) is 23.5 Å². The van der Waals surface area contributed by atoms with Crippen LogP contribution in [0.25, 0.3) is 11.3 Å². The summed E-state index contributed by atoms with van der Waals surface area (Å²) in [6, 6.07) is 3.68. The molecule has 1 fully saturated rings. The average Bonchev–Trinajstić information content (AvgIpc) is 3.43. The number of hydrogen-bond acceptors (Lipinski definition) is 5. The zero-order valence-corrected chi connectivity index (χ0v) is 19.3. The van der Waals surface area contributed by atoms with Gasteiger partial charge < -0.3 is 5.32 Å². The van der Waals surface area contributed by atoms with Crippen LogP contribution in [-0.2, 0) is 12.1 Å². The maximum atomic E-state index is 13.4. The molecule has 2 amide bonds. The van der Waals surface area contributed by atoms with Crippen molar-refractivity contribution in [2.24, 2.45) is 0 Å². The van der Waals surface area contributed by atoms with Crippen LogP contribution in [0.2, 0.25) is 0 Å². The molecule has 0 radical (unpaired) electrons. The Bertz CT molecular complexity index is 1340. The van der Waals surface area contributed by atoms with Crippen molar-refractivity contribution in [1.29, 1.82) is 0 Å². The van der Waals surface area contributed by atoms with Gasteiger partial charge in [0.1, 0.15) is 6.54 Å². The summed E-state index contributed by atoms with van der Waals surface area (Å²) in [5.74, 6) is -0.555. The number of aromatic nitrogens is 4. The number of nitrogens with zero attached hydrogens (tertiary/aromatic N) is 5. The monoisotopic (exact) mass is 484 g/mol. The van der Waals surface area contributed by atoms with E-state index in [2.05, 4.69) is 15.4 Å². The van der Waals surface area contributed by atoms with Gasteiger partial charge in [0.15, 0.2) is 0 Å². The molecule has 35 heavy (non-hydrogen) atoms. The van der Waals surface area contributed by atoms with E-state index in [4.69, 9.17) is 4.98 Å². The number of carbonyl (C=O) groups is 2. The maximum Gasteiger partial charge on any atom is 0.408 e. The lowest BCUT2D eigenvalue weighted by molar-refractivity contribution is -0.142. The number of fused-ring (bicyclic) bond motifs is 1. The molecule has 0 saturated heterocycles. The molecule has 2 aliphatic rings. The fourth-order valence-electron chi connectivity index (χ4n) is 4.38. The van der Waals surface area contributed by atoms with E-state index in [0.29, 0.717) is 33.6 Å². The Morgan fingerprint density at radius 1 is 1.20 bits per heavy atom. The first-order valence-electron chi connectivity index (χ1n) is 11.2. The minimum Gasteiger partial charge on any atom is -0.349 e. The molecule has 3 aromatic heterocycles. The highest BCUT2D eigenvalue weighted by Gasteiger charge is 2.47. The Kier molecular flexibility index (Phi) is 5.19. The van der Waals surface area contributed by atoms with Gasteiger partial charge in [-0.1, -0.05) is 0 Å². The SMILES string of the molecule is Cc1cc(-c2cncc(C(=O)NC3CC3)c2)nc2c1C(=O)N(c1cnn(CC(F)(F)F)c1)C2(C)C. The summed E-state index contributed by atoms with van der Waals surface area (Å²) in [6.07, 6.45) is 3.07. The first-order chi connectivity index (χ1) is 16.4. The van der Waals surface area contributed by atoms with E-state index >= 15 is 0 Å². The van der Waals surface area contributed by atoms with Crippen LogP contribution < -0.4 is 10.2 Å². The third kappa shape index (κ3) is 4.26. The molecule has 0 unspecified atom stereocenters. The number of alkyl halides is 3. The minimum absolute atomic E-state index is 0.197. The second kappa shape index (κ2) is 7.89. The van der Waals surface area contributed by atoms with Crippen molar-refractivity contribution in [3.8, 4) is 11.3 Å². The molecule has 0 bridgehead atoms. The molecule has 0 atom stereocenters. The number of aryl methyl sites for hydroxylation is 1. The number of halogens is 3. The van der Waals surface area contributed by atoms with Crippen molar-refractivity contribution in [3.05, 3.63) is 59.3 Å². The van der Waals surface area contributed by atoms with Gasteiger partial charge in [-0.25, -0.2) is 4.98 Å². The number of pyridine rings is 2. The minimum atomic E-state index is -4.43. The molecule has 1 N–H and O–H groups in total. The van der Waals surface area contributed by atoms with Crippen molar-refractivity contribution in [1.82, 2.24) is 25.1 Å². The van der Waals surface area contributed by atoms with Crippen molar-refractivity contribution >= 4 is 17.5 Å². The van der Waals surface area contributed by atoms with Gasteiger partial charge in [0, 0.05) is 30.2 Å². The van der Waals surface area contributed by atoms with Crippen LogP contribution >= 0.6 is 0 Å². The first kappa shape index (κ1) is 23.0. The summed E-state index contributed by atoms with van der Waals surface area (Å²) in [4.78, 5) is 36.2. The van der Waals surface area contributed by atoms with E-state index in [9.17, 15) is 22.8 Å². The van der Waals surface area contributed by atoms with E-state index in [0.717, 1.165) is 17.5 Å². The van der Waals surface area contributed by atoms with E-state index < -0.39 is 18.3 Å². The highest BCUT2D eigenvalue weighted by atomic mass is 19.4. The standard InChI is InChI=1S/C24H23F3N6O2/c1-13-6-18(14-7-15(9-28-8-14)21(34)30-16-4-5-16)31-20-19(13)22(35)33(23(20,2)3)17-10-29-32(11-17)12-24(25,26)27/h6-11,16H,4-5,12H2,1-3H3,(H,30,34). The average molecular weight is 484 g/mol. The van der Waals surface area contributed by atoms with Crippen LogP contribution in [0.3, 0.4) is 0 Å². The van der Waals surface area contributed by atoms with Gasteiger partial charge in [-0.15, -0.1) is 0 Å². The molecule has 1 aliphatic heterocycles. The molecule has 1 saturated carbocycles. The normalized spacial score (nSPS) is 17.0. The summed E-state index contributed by atoms with van der Waals surface area (Å²) in [5.41, 5.74) is 2.46. The van der Waals surface area contributed by atoms with Gasteiger partial charge in [-0.2, -0.15) is 18.3 Å². The number of carbonyl (C=O) groups excluding carboxylic acids is 2. The predicted octanol–water partition coefficient (Wildman–Crippen LogP) is 4.00. The second-order valence-electron chi connectivity index (χ2n) is 9.47. The van der Waals surface area contributed by atoms with Gasteiger partial charge in [-0.3, -0.25) is 24.2 Å². The van der Waals surface area contributed by atoms with Crippen molar-refractivity contribution in [3.63, 3.8) is 0 Å². The van der Waals surface area contributed by atoms with Crippen LogP contribution in [0.4, 0.5) is 18.9 Å². The first-order valence-corrected chi connectivity index (χ1v) is 11.2. The number of amides is 2. The Balaban J connectivity index is 1.50. The Labute approximate surface area is 199 Å². The summed E-state index contributed by atoms with van der Waals surface area (Å²) in [5, 5.41) is 6.72. The maximum absolute atomic E-state index is 13.4. The quantitative estimate of drug-likeness (QED) is 0.591. The van der Waals surface area contributed by atoms with Crippen LogP contribution in [0, 0.1) is 6.92 Å². The topological polar surface area (TPSA) is 93.0 Å². The zero-order chi connectivity index (χ0) is 25.1. The predicted molar refractivity (Wildman–Crippen MR) is 121 cm³/mol. The van der Waals surface area contributed by atoms with Crippen LogP contribution in [0.1, 0.15) is 58.7 Å². The van der Waals surface area contributed by atoms with Crippen LogP contribution in [0.5, 0.6) is 0 Å². The molecule has 5 rings (SSSR count). The van der Waals surface area contributed by atoms with Gasteiger partial charge in [0.05, 0.1) is 39.9 Å². The second-order valence-corrected chi connectivity index (χ2v) is 9.47. The number of anilines is 1. The van der Waals surface area contributed by atoms with Crippen LogP contribution in [0.15, 0.2) is 36.9 Å². The fraction of sp³-hybridized carbons (Fsp3) is 0.375. The molecule has 182 valence electrons. The Morgan fingerprint density at radius 3 is 2.63 bits per heavy atom. The van der Waals surface area contributed by atoms with Gasteiger partial charge in [0.25, 0.3) is 11.8 Å². The number of rotatable bonds is 5. The summed E-state index contributed by atoms with van der Waals surface area (Å²) >= 11 is 0. The lowest BCUT2D eigenvalue weighted by atomic mass is 9.96. The van der Waals surface area contributed by atoms with E-state index in [1.807, 2.05) is 0 Å². The molecule has 3 aromatic rings. The molecule has 0 spiro atoms. The fourth-order valence-corrected chi connectivity index (χ4v) is 4.38. The van der Waals surface area contributed by atoms with Crippen molar-refractivity contribution < 1.29 is 22.8 Å². The third-order valence-electron chi connectivity index (χ3n) is 6.20. The smallest absolute Gasteiger partial charge is 0.349 e. The lowest BCUT2D eigenvalue weighted by Crippen LogP contribution is -2.39. The number of nitrogens with one attached hydrogen (secondary N) is 1. The van der Waals surface area contributed by atoms with Gasteiger partial charge in [-0.05, 0) is 51.3 Å². The molecule has 4 heterocycles. The molecule has 11 heteroatoms.